The number of rotatable bonds is 5. The van der Waals surface area contributed by atoms with Crippen LogP contribution in [0.4, 0.5) is 0 Å². The molecule has 2 aromatic rings. The molecule has 0 fully saturated rings. The molecule has 0 bridgehead atoms. The Morgan fingerprint density at radius 2 is 1.56 bits per heavy atom. The lowest BCUT2D eigenvalue weighted by molar-refractivity contribution is 0.455. The minimum absolute atomic E-state index is 0.0121. The Hall–Kier alpha value is -1.88. The van der Waals surface area contributed by atoms with Crippen LogP contribution in [-0.4, -0.2) is 5.16 Å². The predicted octanol–water partition coefficient (Wildman–Crippen LogP) is 5.25. The van der Waals surface area contributed by atoms with Crippen molar-refractivity contribution in [2.75, 3.05) is 0 Å². The summed E-state index contributed by atoms with van der Waals surface area (Å²) in [4.78, 5) is 0. The van der Waals surface area contributed by atoms with Gasteiger partial charge in [0.25, 0.3) is 0 Å². The van der Waals surface area contributed by atoms with Crippen molar-refractivity contribution in [3.05, 3.63) is 65.7 Å². The molecular formula is C21H27N2OP. The van der Waals surface area contributed by atoms with Crippen molar-refractivity contribution in [3.8, 4) is 6.07 Å². The third-order valence-electron chi connectivity index (χ3n) is 4.45. The molecule has 0 heterocycles. The fourth-order valence-corrected chi connectivity index (χ4v) is 5.58. The zero-order valence-electron chi connectivity index (χ0n) is 15.7. The highest BCUT2D eigenvalue weighted by Crippen LogP contribution is 2.55. The molecular weight excluding hydrogens is 327 g/mol. The van der Waals surface area contributed by atoms with Gasteiger partial charge in [0.05, 0.1) is 11.6 Å². The van der Waals surface area contributed by atoms with E-state index in [0.29, 0.717) is 5.56 Å². The zero-order chi connectivity index (χ0) is 18.7. The van der Waals surface area contributed by atoms with E-state index in [1.165, 1.54) is 0 Å². The second-order valence-corrected chi connectivity index (χ2v) is 11.0. The second-order valence-electron chi connectivity index (χ2n) is 7.70. The Morgan fingerprint density at radius 1 is 1.00 bits per heavy atom. The van der Waals surface area contributed by atoms with E-state index in [9.17, 15) is 4.57 Å². The van der Waals surface area contributed by atoms with Crippen molar-refractivity contribution < 1.29 is 4.57 Å². The monoisotopic (exact) mass is 354 g/mol. The average Bonchev–Trinajstić information content (AvgIpc) is 2.59. The zero-order valence-corrected chi connectivity index (χ0v) is 16.5. The summed E-state index contributed by atoms with van der Waals surface area (Å²) in [7, 11) is -2.92. The highest BCUT2D eigenvalue weighted by atomic mass is 31.2. The van der Waals surface area contributed by atoms with Crippen molar-refractivity contribution >= 4 is 12.6 Å². The standard InChI is InChI=1S/C21H27N2OP/c1-16(2)20(18-9-7-6-8-10-18)23-25(24,21(3,4)5)19-13-11-17(15-22)12-14-19/h6-14,16,20H,1-5H3,(H,23,24)/t20-,25?/m0/s1. The second kappa shape index (κ2) is 7.56. The molecule has 0 aliphatic heterocycles. The Balaban J connectivity index is 2.49. The molecule has 0 radical (unpaired) electrons. The van der Waals surface area contributed by atoms with Gasteiger partial charge in [-0.15, -0.1) is 0 Å². The third-order valence-corrected chi connectivity index (χ3v) is 8.01. The molecule has 2 rings (SSSR count). The minimum atomic E-state index is -2.92. The highest BCUT2D eigenvalue weighted by molar-refractivity contribution is 7.71. The van der Waals surface area contributed by atoms with Crippen molar-refractivity contribution in [3.63, 3.8) is 0 Å². The Labute approximate surface area is 151 Å². The third kappa shape index (κ3) is 4.21. The van der Waals surface area contributed by atoms with Gasteiger partial charge in [-0.05, 0) is 35.7 Å². The van der Waals surface area contributed by atoms with Gasteiger partial charge in [-0.2, -0.15) is 5.26 Å². The molecule has 2 aromatic carbocycles. The maximum absolute atomic E-state index is 14.1. The maximum atomic E-state index is 14.1. The number of nitrogens with zero attached hydrogens (tertiary/aromatic N) is 1. The average molecular weight is 354 g/mol. The molecule has 1 unspecified atom stereocenters. The summed E-state index contributed by atoms with van der Waals surface area (Å²) in [5, 5.41) is 12.9. The van der Waals surface area contributed by atoms with Crippen LogP contribution in [0.1, 0.15) is 51.8 Å². The molecule has 2 atom stereocenters. The molecule has 0 aromatic heterocycles. The van der Waals surface area contributed by atoms with Gasteiger partial charge in [0, 0.05) is 16.5 Å². The largest absolute Gasteiger partial charge is 0.301 e. The minimum Gasteiger partial charge on any atom is -0.301 e. The van der Waals surface area contributed by atoms with Gasteiger partial charge >= 0.3 is 0 Å². The van der Waals surface area contributed by atoms with E-state index >= 15 is 0 Å². The fourth-order valence-electron chi connectivity index (χ4n) is 2.87. The lowest BCUT2D eigenvalue weighted by atomic mass is 9.97. The van der Waals surface area contributed by atoms with Crippen molar-refractivity contribution in [1.82, 2.24) is 5.09 Å². The molecule has 3 nitrogen and oxygen atoms in total. The molecule has 1 N–H and O–H groups in total. The molecule has 0 saturated heterocycles. The lowest BCUT2D eigenvalue weighted by Gasteiger charge is -2.37. The summed E-state index contributed by atoms with van der Waals surface area (Å²) in [5.41, 5.74) is 1.71. The van der Waals surface area contributed by atoms with Gasteiger partial charge in [-0.1, -0.05) is 65.0 Å². The van der Waals surface area contributed by atoms with Crippen LogP contribution < -0.4 is 10.4 Å². The SMILES string of the molecule is CC(C)[C@H](NP(=O)(c1ccc(C#N)cc1)C(C)(C)C)c1ccccc1. The number of nitriles is 1. The summed E-state index contributed by atoms with van der Waals surface area (Å²) in [5.74, 6) is 0.288. The summed E-state index contributed by atoms with van der Waals surface area (Å²) in [6.45, 7) is 10.3. The van der Waals surface area contributed by atoms with Crippen LogP contribution in [0.5, 0.6) is 0 Å². The number of hydrogen-bond acceptors (Lipinski definition) is 2. The van der Waals surface area contributed by atoms with Crippen LogP contribution in [0.25, 0.3) is 0 Å². The summed E-state index contributed by atoms with van der Waals surface area (Å²) in [6, 6.07) is 19.4. The Kier molecular flexibility index (Phi) is 5.88. The van der Waals surface area contributed by atoms with Crippen molar-refractivity contribution in [1.29, 1.82) is 5.26 Å². The van der Waals surface area contributed by atoms with E-state index in [1.807, 2.05) is 51.1 Å². The van der Waals surface area contributed by atoms with E-state index in [1.54, 1.807) is 12.1 Å². The summed E-state index contributed by atoms with van der Waals surface area (Å²) >= 11 is 0. The van der Waals surface area contributed by atoms with E-state index in [2.05, 4.69) is 37.1 Å². The smallest absolute Gasteiger partial charge is 0.181 e. The van der Waals surface area contributed by atoms with Crippen LogP contribution in [0.3, 0.4) is 0 Å². The first-order chi connectivity index (χ1) is 11.7. The van der Waals surface area contributed by atoms with Gasteiger partial charge in [-0.25, -0.2) is 0 Å². The highest BCUT2D eigenvalue weighted by Gasteiger charge is 2.40. The summed E-state index contributed by atoms with van der Waals surface area (Å²) < 4.78 is 14.1. The first kappa shape index (κ1) is 19.4. The van der Waals surface area contributed by atoms with Crippen LogP contribution in [0, 0.1) is 17.2 Å². The molecule has 0 spiro atoms. The first-order valence-corrected chi connectivity index (χ1v) is 10.3. The van der Waals surface area contributed by atoms with E-state index in [4.69, 9.17) is 5.26 Å². The lowest BCUT2D eigenvalue weighted by Crippen LogP contribution is -2.36. The van der Waals surface area contributed by atoms with Gasteiger partial charge in [0.2, 0.25) is 0 Å². The fraction of sp³-hybridized carbons (Fsp3) is 0.381. The molecule has 25 heavy (non-hydrogen) atoms. The molecule has 0 saturated carbocycles. The normalized spacial score (nSPS) is 15.4. The van der Waals surface area contributed by atoms with Gasteiger partial charge in [-0.3, -0.25) is 5.09 Å². The molecule has 132 valence electrons. The predicted molar refractivity (Wildman–Crippen MR) is 105 cm³/mol. The van der Waals surface area contributed by atoms with E-state index in [0.717, 1.165) is 10.9 Å². The van der Waals surface area contributed by atoms with Gasteiger partial charge in [0.1, 0.15) is 0 Å². The molecule has 0 aliphatic rings. The van der Waals surface area contributed by atoms with Crippen LogP contribution >= 0.6 is 7.29 Å². The van der Waals surface area contributed by atoms with E-state index in [-0.39, 0.29) is 12.0 Å². The molecule has 0 amide bonds. The molecule has 4 heteroatoms. The quantitative estimate of drug-likeness (QED) is 0.746. The van der Waals surface area contributed by atoms with Crippen molar-refractivity contribution in [2.45, 2.75) is 45.8 Å². The Bertz CT molecular complexity index is 783. The maximum Gasteiger partial charge on any atom is 0.181 e. The Morgan fingerprint density at radius 3 is 2.00 bits per heavy atom. The van der Waals surface area contributed by atoms with Crippen LogP contribution in [0.2, 0.25) is 0 Å². The number of nitrogens with one attached hydrogen (secondary N) is 1. The van der Waals surface area contributed by atoms with Gasteiger partial charge < -0.3 is 4.57 Å². The van der Waals surface area contributed by atoms with Crippen molar-refractivity contribution in [2.24, 2.45) is 5.92 Å². The molecule has 0 aliphatic carbocycles. The number of hydrogen-bond donors (Lipinski definition) is 1. The topological polar surface area (TPSA) is 52.9 Å². The number of benzene rings is 2. The van der Waals surface area contributed by atoms with E-state index < -0.39 is 12.4 Å². The van der Waals surface area contributed by atoms with Crippen LogP contribution in [0.15, 0.2) is 54.6 Å². The first-order valence-electron chi connectivity index (χ1n) is 8.62. The van der Waals surface area contributed by atoms with Gasteiger partial charge in [0.15, 0.2) is 7.29 Å². The van der Waals surface area contributed by atoms with Crippen LogP contribution in [-0.2, 0) is 4.57 Å². The summed E-state index contributed by atoms with van der Waals surface area (Å²) in [6.07, 6.45) is 0.